The highest BCUT2D eigenvalue weighted by molar-refractivity contribution is 5.96. The molecule has 0 aliphatic heterocycles. The molecule has 0 radical (unpaired) electrons. The topological polar surface area (TPSA) is 131 Å². The van der Waals surface area contributed by atoms with Crippen molar-refractivity contribution >= 4 is 29.1 Å². The van der Waals surface area contributed by atoms with Gasteiger partial charge in [-0.2, -0.15) is 0 Å². The summed E-state index contributed by atoms with van der Waals surface area (Å²) >= 11 is 0. The van der Waals surface area contributed by atoms with Gasteiger partial charge in [-0.3, -0.25) is 14.9 Å². The third-order valence-electron chi connectivity index (χ3n) is 3.82. The number of amides is 3. The lowest BCUT2D eigenvalue weighted by Crippen LogP contribution is -2.41. The van der Waals surface area contributed by atoms with Crippen LogP contribution in [0.1, 0.15) is 26.0 Å². The quantitative estimate of drug-likeness (QED) is 0.525. The number of nitro groups is 1. The van der Waals surface area contributed by atoms with Crippen LogP contribution in [0.4, 0.5) is 22.0 Å². The zero-order valence-electron chi connectivity index (χ0n) is 16.0. The van der Waals surface area contributed by atoms with Crippen molar-refractivity contribution in [2.45, 2.75) is 27.2 Å². The van der Waals surface area contributed by atoms with Crippen LogP contribution in [0.3, 0.4) is 0 Å². The van der Waals surface area contributed by atoms with Crippen LogP contribution in [0, 0.1) is 23.0 Å². The standard InChI is InChI=1S/C18H23N5O5/c1-12(2)8-9-22(11-17(24)20-16-10-13(3)28-21-16)18(25)19-14-4-6-15(7-5-14)23(26)27/h4-7,10,12H,8-9,11H2,1-3H3,(H,19,25)(H,20,21,24). The van der Waals surface area contributed by atoms with Gasteiger partial charge >= 0.3 is 6.03 Å². The van der Waals surface area contributed by atoms with E-state index in [9.17, 15) is 19.7 Å². The number of anilines is 2. The van der Waals surface area contributed by atoms with Crippen molar-refractivity contribution < 1.29 is 19.0 Å². The summed E-state index contributed by atoms with van der Waals surface area (Å²) in [5, 5.41) is 19.6. The minimum absolute atomic E-state index is 0.0723. The molecule has 0 atom stereocenters. The van der Waals surface area contributed by atoms with Crippen LogP contribution < -0.4 is 10.6 Å². The number of urea groups is 1. The lowest BCUT2D eigenvalue weighted by molar-refractivity contribution is -0.384. The number of hydrogen-bond acceptors (Lipinski definition) is 6. The van der Waals surface area contributed by atoms with Crippen molar-refractivity contribution in [2.24, 2.45) is 5.92 Å². The zero-order valence-corrected chi connectivity index (χ0v) is 16.0. The predicted octanol–water partition coefficient (Wildman–Crippen LogP) is 3.41. The van der Waals surface area contributed by atoms with Gasteiger partial charge in [0.05, 0.1) is 4.92 Å². The van der Waals surface area contributed by atoms with E-state index in [1.54, 1.807) is 13.0 Å². The molecule has 0 saturated heterocycles. The van der Waals surface area contributed by atoms with E-state index in [4.69, 9.17) is 4.52 Å². The summed E-state index contributed by atoms with van der Waals surface area (Å²) in [5.41, 5.74) is 0.328. The second kappa shape index (κ2) is 9.49. The Labute approximate surface area is 162 Å². The monoisotopic (exact) mass is 389 g/mol. The number of nitrogens with one attached hydrogen (secondary N) is 2. The maximum absolute atomic E-state index is 12.6. The number of aryl methyl sites for hydroxylation is 1. The first-order valence-electron chi connectivity index (χ1n) is 8.78. The van der Waals surface area contributed by atoms with Gasteiger partial charge in [0.15, 0.2) is 5.82 Å². The molecule has 0 aliphatic carbocycles. The van der Waals surface area contributed by atoms with E-state index in [0.29, 0.717) is 30.3 Å². The van der Waals surface area contributed by atoms with Gasteiger partial charge in [0.25, 0.3) is 5.69 Å². The highest BCUT2D eigenvalue weighted by atomic mass is 16.6. The van der Waals surface area contributed by atoms with Crippen LogP contribution in [0.25, 0.3) is 0 Å². The highest BCUT2D eigenvalue weighted by Gasteiger charge is 2.19. The van der Waals surface area contributed by atoms with Crippen LogP contribution in [0.5, 0.6) is 0 Å². The molecule has 28 heavy (non-hydrogen) atoms. The van der Waals surface area contributed by atoms with Crippen molar-refractivity contribution in [3.8, 4) is 0 Å². The fourth-order valence-corrected chi connectivity index (χ4v) is 2.32. The first kappa shape index (κ1) is 20.9. The van der Waals surface area contributed by atoms with Crippen LogP contribution in [0.15, 0.2) is 34.9 Å². The Morgan fingerprint density at radius 2 is 1.93 bits per heavy atom. The summed E-state index contributed by atoms with van der Waals surface area (Å²) < 4.78 is 4.90. The van der Waals surface area contributed by atoms with Crippen LogP contribution in [0.2, 0.25) is 0 Å². The molecular weight excluding hydrogens is 366 g/mol. The summed E-state index contributed by atoms with van der Waals surface area (Å²) in [6.07, 6.45) is 0.712. The summed E-state index contributed by atoms with van der Waals surface area (Å²) in [6.45, 7) is 5.95. The minimum atomic E-state index is -0.517. The van der Waals surface area contributed by atoms with E-state index in [0.717, 1.165) is 0 Å². The molecule has 1 aromatic heterocycles. The van der Waals surface area contributed by atoms with Gasteiger partial charge in [-0.25, -0.2) is 4.79 Å². The molecule has 10 heteroatoms. The van der Waals surface area contributed by atoms with Crippen molar-refractivity contribution in [3.63, 3.8) is 0 Å². The lowest BCUT2D eigenvalue weighted by atomic mass is 10.1. The molecule has 1 aromatic carbocycles. The second-order valence-corrected chi connectivity index (χ2v) is 6.71. The van der Waals surface area contributed by atoms with E-state index in [1.807, 2.05) is 13.8 Å². The Balaban J connectivity index is 2.02. The van der Waals surface area contributed by atoms with Gasteiger partial charge in [0.2, 0.25) is 5.91 Å². The largest absolute Gasteiger partial charge is 0.360 e. The number of rotatable bonds is 8. The summed E-state index contributed by atoms with van der Waals surface area (Å²) in [4.78, 5) is 36.4. The fraction of sp³-hybridized carbons (Fsp3) is 0.389. The van der Waals surface area contributed by atoms with E-state index in [-0.39, 0.29) is 18.1 Å². The molecule has 1 heterocycles. The first-order valence-corrected chi connectivity index (χ1v) is 8.78. The summed E-state index contributed by atoms with van der Waals surface area (Å²) in [5.74, 6) is 0.775. The number of benzene rings is 1. The molecule has 10 nitrogen and oxygen atoms in total. The first-order chi connectivity index (χ1) is 13.2. The van der Waals surface area contributed by atoms with E-state index >= 15 is 0 Å². The van der Waals surface area contributed by atoms with Crippen LogP contribution in [-0.2, 0) is 4.79 Å². The maximum atomic E-state index is 12.6. The fourth-order valence-electron chi connectivity index (χ4n) is 2.32. The third-order valence-corrected chi connectivity index (χ3v) is 3.82. The molecule has 0 aliphatic rings. The predicted molar refractivity (Wildman–Crippen MR) is 103 cm³/mol. The Kier molecular flexibility index (Phi) is 7.08. The number of non-ortho nitro benzene ring substituents is 1. The number of hydrogen-bond donors (Lipinski definition) is 2. The molecule has 3 amide bonds. The number of carbonyl (C=O) groups is 2. The molecule has 0 saturated carbocycles. The van der Waals surface area contributed by atoms with Crippen LogP contribution >= 0.6 is 0 Å². The number of nitrogens with zero attached hydrogens (tertiary/aromatic N) is 3. The molecule has 0 fully saturated rings. The molecule has 150 valence electrons. The second-order valence-electron chi connectivity index (χ2n) is 6.71. The Morgan fingerprint density at radius 1 is 1.25 bits per heavy atom. The van der Waals surface area contributed by atoms with Crippen molar-refractivity contribution in [2.75, 3.05) is 23.7 Å². The minimum Gasteiger partial charge on any atom is -0.360 e. The Morgan fingerprint density at radius 3 is 2.46 bits per heavy atom. The van der Waals surface area contributed by atoms with Gasteiger partial charge in [0.1, 0.15) is 12.3 Å². The maximum Gasteiger partial charge on any atom is 0.322 e. The van der Waals surface area contributed by atoms with Gasteiger partial charge in [-0.15, -0.1) is 0 Å². The summed E-state index contributed by atoms with van der Waals surface area (Å²) in [7, 11) is 0. The SMILES string of the molecule is Cc1cc(NC(=O)CN(CCC(C)C)C(=O)Nc2ccc([N+](=O)[O-])cc2)no1. The smallest absolute Gasteiger partial charge is 0.322 e. The molecular formula is C18H23N5O5. The van der Waals surface area contributed by atoms with Gasteiger partial charge in [-0.05, 0) is 31.4 Å². The van der Waals surface area contributed by atoms with Gasteiger partial charge in [0, 0.05) is 30.4 Å². The number of aromatic nitrogens is 1. The Hall–Kier alpha value is -3.43. The molecule has 0 bridgehead atoms. The average molecular weight is 389 g/mol. The zero-order chi connectivity index (χ0) is 20.7. The number of carbonyl (C=O) groups excluding carboxylic acids is 2. The van der Waals surface area contributed by atoms with Crippen molar-refractivity contribution in [1.29, 1.82) is 0 Å². The van der Waals surface area contributed by atoms with Crippen molar-refractivity contribution in [1.82, 2.24) is 10.1 Å². The normalized spacial score (nSPS) is 10.6. The molecule has 0 spiro atoms. The summed E-state index contributed by atoms with van der Waals surface area (Å²) in [6, 6.07) is 6.58. The average Bonchev–Trinajstić information content (AvgIpc) is 3.03. The lowest BCUT2D eigenvalue weighted by Gasteiger charge is -2.23. The van der Waals surface area contributed by atoms with Crippen molar-refractivity contribution in [3.05, 3.63) is 46.2 Å². The number of nitro benzene ring substituents is 1. The van der Waals surface area contributed by atoms with E-state index < -0.39 is 16.9 Å². The molecule has 2 N–H and O–H groups in total. The van der Waals surface area contributed by atoms with Gasteiger partial charge in [-0.1, -0.05) is 19.0 Å². The van der Waals surface area contributed by atoms with E-state index in [2.05, 4.69) is 15.8 Å². The van der Waals surface area contributed by atoms with E-state index in [1.165, 1.54) is 29.2 Å². The Bertz CT molecular complexity index is 831. The molecule has 2 rings (SSSR count). The molecule has 2 aromatic rings. The van der Waals surface area contributed by atoms with Crippen LogP contribution in [-0.4, -0.2) is 40.0 Å². The highest BCUT2D eigenvalue weighted by Crippen LogP contribution is 2.16. The molecule has 0 unspecified atom stereocenters. The third kappa shape index (κ3) is 6.38. The van der Waals surface area contributed by atoms with Gasteiger partial charge < -0.3 is 20.1 Å².